The van der Waals surface area contributed by atoms with Crippen molar-refractivity contribution < 1.29 is 9.53 Å². The summed E-state index contributed by atoms with van der Waals surface area (Å²) in [4.78, 5) is 22.5. The Bertz CT molecular complexity index is 980. The summed E-state index contributed by atoms with van der Waals surface area (Å²) in [6, 6.07) is 16.4. The van der Waals surface area contributed by atoms with Gasteiger partial charge in [-0.1, -0.05) is 36.4 Å². The molecule has 1 aromatic carbocycles. The van der Waals surface area contributed by atoms with Crippen molar-refractivity contribution in [2.75, 3.05) is 26.2 Å². The fourth-order valence-corrected chi connectivity index (χ4v) is 5.38. The fourth-order valence-electron chi connectivity index (χ4n) is 4.72. The van der Waals surface area contributed by atoms with E-state index in [9.17, 15) is 4.79 Å². The van der Waals surface area contributed by atoms with Gasteiger partial charge >= 0.3 is 0 Å². The van der Waals surface area contributed by atoms with Crippen molar-refractivity contribution in [3.05, 3.63) is 88.4 Å². The van der Waals surface area contributed by atoms with Crippen LogP contribution in [0.1, 0.15) is 22.6 Å². The Morgan fingerprint density at radius 3 is 2.77 bits per heavy atom. The summed E-state index contributed by atoms with van der Waals surface area (Å²) in [7, 11) is 0. The molecule has 0 bridgehead atoms. The summed E-state index contributed by atoms with van der Waals surface area (Å²) in [6.07, 6.45) is 3.66. The van der Waals surface area contributed by atoms with Crippen LogP contribution < -0.4 is 0 Å². The minimum Gasteiger partial charge on any atom is -0.361 e. The summed E-state index contributed by atoms with van der Waals surface area (Å²) in [5.74, 6) is 0.0650. The Labute approximate surface area is 180 Å². The molecule has 4 heterocycles. The van der Waals surface area contributed by atoms with E-state index in [-0.39, 0.29) is 11.8 Å². The van der Waals surface area contributed by atoms with Crippen molar-refractivity contribution in [3.63, 3.8) is 0 Å². The van der Waals surface area contributed by atoms with Crippen molar-refractivity contribution in [1.82, 2.24) is 14.8 Å². The van der Waals surface area contributed by atoms with Gasteiger partial charge < -0.3 is 9.64 Å². The Morgan fingerprint density at radius 1 is 1.10 bits per heavy atom. The first-order valence-electron chi connectivity index (χ1n) is 10.4. The van der Waals surface area contributed by atoms with Gasteiger partial charge in [-0.3, -0.25) is 14.7 Å². The predicted octanol–water partition coefficient (Wildman–Crippen LogP) is 3.54. The van der Waals surface area contributed by atoms with Crippen molar-refractivity contribution >= 4 is 17.2 Å². The lowest BCUT2D eigenvalue weighted by molar-refractivity contribution is -0.173. The number of rotatable bonds is 5. The van der Waals surface area contributed by atoms with Gasteiger partial charge in [0.1, 0.15) is 0 Å². The van der Waals surface area contributed by atoms with Gasteiger partial charge in [-0.05, 0) is 39.6 Å². The zero-order valence-corrected chi connectivity index (χ0v) is 17.6. The van der Waals surface area contributed by atoms with Gasteiger partial charge in [0.15, 0.2) is 5.60 Å². The van der Waals surface area contributed by atoms with Gasteiger partial charge in [0.05, 0.1) is 6.61 Å². The number of hydrogen-bond donors (Lipinski definition) is 0. The molecule has 5 nitrogen and oxygen atoms in total. The zero-order chi connectivity index (χ0) is 20.4. The standard InChI is InChI=1S/C24H25N3O2S/c28-23-24(29-11-10-27(23)15-19-5-2-1-3-6-19)18-26(14-20-8-12-30-17-20)16-22(24)21-7-4-9-25-13-21/h1-9,12-13,17,22H,10-11,14-16,18H2/t22-,24-/m1/s1. The third-order valence-electron chi connectivity index (χ3n) is 6.12. The molecule has 2 atom stereocenters. The molecule has 0 N–H and O–H groups in total. The SMILES string of the molecule is O=C1N(Cc2ccccc2)CCO[C@@]12CN(Cc1ccsc1)C[C@@H]2c1cccnc1. The molecule has 0 radical (unpaired) electrons. The molecule has 6 heteroatoms. The highest BCUT2D eigenvalue weighted by molar-refractivity contribution is 7.07. The first-order chi connectivity index (χ1) is 14.7. The first-order valence-corrected chi connectivity index (χ1v) is 11.3. The Morgan fingerprint density at radius 2 is 2.00 bits per heavy atom. The summed E-state index contributed by atoms with van der Waals surface area (Å²) < 4.78 is 6.37. The third kappa shape index (κ3) is 3.67. The second kappa shape index (κ2) is 8.30. The maximum absolute atomic E-state index is 13.8. The number of carbonyl (C=O) groups excluding carboxylic acids is 1. The largest absolute Gasteiger partial charge is 0.361 e. The molecule has 2 saturated heterocycles. The maximum atomic E-state index is 13.8. The number of hydrogen-bond acceptors (Lipinski definition) is 5. The smallest absolute Gasteiger partial charge is 0.257 e. The van der Waals surface area contributed by atoms with Gasteiger partial charge in [0, 0.05) is 51.0 Å². The van der Waals surface area contributed by atoms with E-state index in [4.69, 9.17) is 4.74 Å². The molecule has 0 unspecified atom stereocenters. The second-order valence-electron chi connectivity index (χ2n) is 8.09. The van der Waals surface area contributed by atoms with E-state index in [1.165, 1.54) is 5.56 Å². The molecular weight excluding hydrogens is 394 g/mol. The van der Waals surface area contributed by atoms with Gasteiger partial charge in [0.25, 0.3) is 5.91 Å². The molecule has 30 heavy (non-hydrogen) atoms. The summed E-state index contributed by atoms with van der Waals surface area (Å²) >= 11 is 1.71. The maximum Gasteiger partial charge on any atom is 0.257 e. The molecule has 1 spiro atoms. The van der Waals surface area contributed by atoms with E-state index >= 15 is 0 Å². The zero-order valence-electron chi connectivity index (χ0n) is 16.8. The van der Waals surface area contributed by atoms with Crippen LogP contribution in [0.4, 0.5) is 0 Å². The number of thiophene rings is 1. The number of ether oxygens (including phenoxy) is 1. The lowest BCUT2D eigenvalue weighted by Crippen LogP contribution is -2.59. The van der Waals surface area contributed by atoms with Crippen molar-refractivity contribution in [2.45, 2.75) is 24.6 Å². The minimum atomic E-state index is -0.855. The highest BCUT2D eigenvalue weighted by atomic mass is 32.1. The fraction of sp³-hybridized carbons (Fsp3) is 0.333. The van der Waals surface area contributed by atoms with Crippen LogP contribution in [0, 0.1) is 0 Å². The number of aromatic nitrogens is 1. The summed E-state index contributed by atoms with van der Waals surface area (Å²) in [5, 5.41) is 4.28. The van der Waals surface area contributed by atoms with Crippen LogP contribution in [0.3, 0.4) is 0 Å². The predicted molar refractivity (Wildman–Crippen MR) is 117 cm³/mol. The van der Waals surface area contributed by atoms with E-state index in [1.807, 2.05) is 35.4 Å². The Kier molecular flexibility index (Phi) is 5.37. The number of likely N-dealkylation sites (tertiary alicyclic amines) is 1. The van der Waals surface area contributed by atoms with E-state index in [1.54, 1.807) is 17.5 Å². The van der Waals surface area contributed by atoms with E-state index in [0.29, 0.717) is 26.2 Å². The first kappa shape index (κ1) is 19.4. The quantitative estimate of drug-likeness (QED) is 0.635. The van der Waals surface area contributed by atoms with Crippen molar-refractivity contribution in [3.8, 4) is 0 Å². The van der Waals surface area contributed by atoms with E-state index in [2.05, 4.69) is 44.9 Å². The summed E-state index contributed by atoms with van der Waals surface area (Å²) in [6.45, 7) is 4.02. The average Bonchev–Trinajstić information content (AvgIpc) is 3.42. The van der Waals surface area contributed by atoms with Crippen LogP contribution in [-0.4, -0.2) is 52.5 Å². The number of pyridine rings is 1. The highest BCUT2D eigenvalue weighted by Crippen LogP contribution is 2.42. The number of nitrogens with zero attached hydrogens (tertiary/aromatic N) is 3. The molecule has 5 rings (SSSR count). The van der Waals surface area contributed by atoms with Crippen molar-refractivity contribution in [1.29, 1.82) is 0 Å². The molecule has 0 aliphatic carbocycles. The number of morpholine rings is 1. The molecule has 2 aliphatic heterocycles. The Balaban J connectivity index is 1.45. The number of amides is 1. The van der Waals surface area contributed by atoms with Gasteiger partial charge in [-0.2, -0.15) is 11.3 Å². The van der Waals surface area contributed by atoms with Gasteiger partial charge in [-0.25, -0.2) is 0 Å². The topological polar surface area (TPSA) is 45.7 Å². The number of benzene rings is 1. The average molecular weight is 420 g/mol. The molecule has 154 valence electrons. The third-order valence-corrected chi connectivity index (χ3v) is 6.85. The highest BCUT2D eigenvalue weighted by Gasteiger charge is 2.56. The molecule has 2 fully saturated rings. The van der Waals surface area contributed by atoms with Gasteiger partial charge in [0.2, 0.25) is 0 Å². The normalized spacial score (nSPS) is 24.6. The monoisotopic (exact) mass is 419 g/mol. The Hall–Kier alpha value is -2.54. The molecule has 2 aromatic heterocycles. The lowest BCUT2D eigenvalue weighted by atomic mass is 9.83. The van der Waals surface area contributed by atoms with Crippen LogP contribution in [0.5, 0.6) is 0 Å². The lowest BCUT2D eigenvalue weighted by Gasteiger charge is -2.42. The van der Waals surface area contributed by atoms with E-state index in [0.717, 1.165) is 24.2 Å². The molecule has 0 saturated carbocycles. The number of carbonyl (C=O) groups is 1. The molecule has 1 amide bonds. The molecule has 2 aliphatic rings. The van der Waals surface area contributed by atoms with Crippen LogP contribution in [0.2, 0.25) is 0 Å². The van der Waals surface area contributed by atoms with Crippen LogP contribution in [0.15, 0.2) is 71.7 Å². The van der Waals surface area contributed by atoms with Crippen LogP contribution in [0.25, 0.3) is 0 Å². The second-order valence-corrected chi connectivity index (χ2v) is 8.87. The molecule has 3 aromatic rings. The summed E-state index contributed by atoms with van der Waals surface area (Å²) in [5.41, 5.74) is 2.65. The minimum absolute atomic E-state index is 0.0316. The van der Waals surface area contributed by atoms with Crippen molar-refractivity contribution in [2.24, 2.45) is 0 Å². The molecular formula is C24H25N3O2S. The van der Waals surface area contributed by atoms with Crippen LogP contribution in [-0.2, 0) is 22.6 Å². The van der Waals surface area contributed by atoms with E-state index < -0.39 is 5.60 Å². The van der Waals surface area contributed by atoms with Crippen LogP contribution >= 0.6 is 11.3 Å². The van der Waals surface area contributed by atoms with Gasteiger partial charge in [-0.15, -0.1) is 0 Å².